The van der Waals surface area contributed by atoms with E-state index in [4.69, 9.17) is 4.74 Å². The number of quaternary nitrogens is 1. The van der Waals surface area contributed by atoms with Gasteiger partial charge in [-0.3, -0.25) is 4.79 Å². The lowest BCUT2D eigenvalue weighted by atomic mass is 10.0. The van der Waals surface area contributed by atoms with Gasteiger partial charge >= 0.3 is 5.97 Å². The second-order valence-corrected chi connectivity index (χ2v) is 8.79. The molecule has 0 aromatic rings. The maximum atomic E-state index is 11.7. The van der Waals surface area contributed by atoms with Gasteiger partial charge in [0.1, 0.15) is 13.1 Å². The largest absolute Gasteiger partial charge is 0.544 e. The molecule has 0 aliphatic rings. The lowest BCUT2D eigenvalue weighted by Gasteiger charge is -2.33. The van der Waals surface area contributed by atoms with Gasteiger partial charge in [0, 0.05) is 6.42 Å². The second kappa shape index (κ2) is 16.8. The number of carboxylic acid groups (broad SMARTS) is 1. The van der Waals surface area contributed by atoms with Crippen LogP contribution in [0.15, 0.2) is 0 Å². The van der Waals surface area contributed by atoms with Crippen LogP contribution in [0.25, 0.3) is 0 Å². The number of carbonyl (C=O) groups excluding carboxylic acids is 2. The predicted octanol–water partition coefficient (Wildman–Crippen LogP) is 4.23. The molecule has 0 spiro atoms. The molecule has 0 radical (unpaired) electrons. The van der Waals surface area contributed by atoms with E-state index in [1.807, 2.05) is 14.1 Å². The Hall–Kier alpha value is -1.10. The second-order valence-electron chi connectivity index (χ2n) is 8.79. The minimum Gasteiger partial charge on any atom is -0.544 e. The van der Waals surface area contributed by atoms with Gasteiger partial charge in [-0.1, -0.05) is 84.5 Å². The van der Waals surface area contributed by atoms with Gasteiger partial charge in [-0.2, -0.15) is 0 Å². The highest BCUT2D eigenvalue weighted by Crippen LogP contribution is 2.15. The number of hydrogen-bond acceptors (Lipinski definition) is 4. The zero-order valence-corrected chi connectivity index (χ0v) is 19.0. The van der Waals surface area contributed by atoms with Crippen LogP contribution in [0.4, 0.5) is 0 Å². The molecule has 1 atom stereocenters. The van der Waals surface area contributed by atoms with Crippen molar-refractivity contribution in [2.45, 2.75) is 110 Å². The van der Waals surface area contributed by atoms with Crippen molar-refractivity contribution < 1.29 is 23.9 Å². The number of rotatable bonds is 19. The van der Waals surface area contributed by atoms with Gasteiger partial charge in [0.2, 0.25) is 0 Å². The Morgan fingerprint density at radius 1 is 0.821 bits per heavy atom. The van der Waals surface area contributed by atoms with E-state index in [9.17, 15) is 14.7 Å². The van der Waals surface area contributed by atoms with Crippen molar-refractivity contribution in [1.29, 1.82) is 0 Å². The van der Waals surface area contributed by atoms with E-state index in [-0.39, 0.29) is 23.1 Å². The van der Waals surface area contributed by atoms with Crippen molar-refractivity contribution in [3.8, 4) is 0 Å². The van der Waals surface area contributed by atoms with E-state index in [1.54, 1.807) is 6.92 Å². The van der Waals surface area contributed by atoms with E-state index in [2.05, 4.69) is 6.92 Å². The Labute approximate surface area is 173 Å². The summed E-state index contributed by atoms with van der Waals surface area (Å²) in [5.41, 5.74) is 0. The summed E-state index contributed by atoms with van der Waals surface area (Å²) in [6, 6.07) is 0. The molecule has 0 saturated carbocycles. The zero-order valence-electron chi connectivity index (χ0n) is 19.0. The number of hydrogen-bond donors (Lipinski definition) is 0. The first-order valence-electron chi connectivity index (χ1n) is 11.5. The Morgan fingerprint density at radius 2 is 1.29 bits per heavy atom. The summed E-state index contributed by atoms with van der Waals surface area (Å²) in [5, 5.41) is 10.9. The normalized spacial score (nSPS) is 12.7. The number of unbranched alkanes of at least 4 members (excludes halogenated alkanes) is 11. The summed E-state index contributed by atoms with van der Waals surface area (Å²) in [7, 11) is 3.68. The molecule has 0 bridgehead atoms. The van der Waals surface area contributed by atoms with Gasteiger partial charge in [-0.15, -0.1) is 0 Å². The minimum absolute atomic E-state index is 0.0708. The third-order valence-corrected chi connectivity index (χ3v) is 5.22. The average molecular weight is 400 g/mol. The highest BCUT2D eigenvalue weighted by Gasteiger charge is 2.24. The molecule has 28 heavy (non-hydrogen) atoms. The summed E-state index contributed by atoms with van der Waals surface area (Å²) < 4.78 is 5.82. The molecule has 0 amide bonds. The van der Waals surface area contributed by atoms with Crippen molar-refractivity contribution in [3.63, 3.8) is 0 Å². The molecule has 0 fully saturated rings. The molecule has 0 N–H and O–H groups in total. The summed E-state index contributed by atoms with van der Waals surface area (Å²) in [6.07, 6.45) is 16.5. The molecule has 0 aliphatic carbocycles. The van der Waals surface area contributed by atoms with Gasteiger partial charge in [-0.25, -0.2) is 0 Å². The van der Waals surface area contributed by atoms with Crippen molar-refractivity contribution >= 4 is 11.9 Å². The molecule has 0 rings (SSSR count). The van der Waals surface area contributed by atoms with E-state index in [0.717, 1.165) is 19.3 Å². The fraction of sp³-hybridized carbons (Fsp3) is 0.913. The van der Waals surface area contributed by atoms with Crippen molar-refractivity contribution in [2.75, 3.05) is 27.2 Å². The number of carbonyl (C=O) groups is 2. The fourth-order valence-electron chi connectivity index (χ4n) is 3.64. The zero-order chi connectivity index (χ0) is 21.3. The molecule has 166 valence electrons. The maximum absolute atomic E-state index is 11.7. The van der Waals surface area contributed by atoms with Gasteiger partial charge in [0.05, 0.1) is 20.1 Å². The monoisotopic (exact) mass is 399 g/mol. The minimum atomic E-state index is -1.07. The number of likely N-dealkylation sites (N-methyl/N-ethyl adjacent to an activating group) is 1. The molecule has 5 heteroatoms. The SMILES string of the molecule is CCCCCCCCCCCCCCC(C[N+](C)(C)CC(=O)[O-])OC(=O)CC. The molecule has 0 heterocycles. The predicted molar refractivity (Wildman–Crippen MR) is 113 cm³/mol. The number of nitrogens with zero attached hydrogens (tertiary/aromatic N) is 1. The molecular weight excluding hydrogens is 354 g/mol. The number of esters is 1. The van der Waals surface area contributed by atoms with E-state index >= 15 is 0 Å². The first kappa shape index (κ1) is 26.9. The third kappa shape index (κ3) is 17.0. The van der Waals surface area contributed by atoms with Gasteiger partial charge in [0.25, 0.3) is 0 Å². The van der Waals surface area contributed by atoms with E-state index in [0.29, 0.717) is 13.0 Å². The Morgan fingerprint density at radius 3 is 1.71 bits per heavy atom. The first-order valence-corrected chi connectivity index (χ1v) is 11.5. The standard InChI is InChI=1S/C23H45NO4/c1-5-7-8-9-10-11-12-13-14-15-16-17-18-21(28-23(27)6-2)19-24(3,4)20-22(25)26/h21H,5-20H2,1-4H3. The first-order chi connectivity index (χ1) is 13.3. The quantitative estimate of drug-likeness (QED) is 0.185. The van der Waals surface area contributed by atoms with Crippen LogP contribution >= 0.6 is 0 Å². The smallest absolute Gasteiger partial charge is 0.305 e. The highest BCUT2D eigenvalue weighted by molar-refractivity contribution is 5.69. The lowest BCUT2D eigenvalue weighted by molar-refractivity contribution is -0.887. The van der Waals surface area contributed by atoms with Crippen LogP contribution in [0.2, 0.25) is 0 Å². The summed E-state index contributed by atoms with van der Waals surface area (Å²) in [4.78, 5) is 22.6. The Bertz CT molecular complexity index is 409. The van der Waals surface area contributed by atoms with Crippen molar-refractivity contribution in [3.05, 3.63) is 0 Å². The number of ether oxygens (including phenoxy) is 1. The average Bonchev–Trinajstić information content (AvgIpc) is 2.60. The summed E-state index contributed by atoms with van der Waals surface area (Å²) >= 11 is 0. The Kier molecular flexibility index (Phi) is 16.2. The number of aliphatic carboxylic acids is 1. The van der Waals surface area contributed by atoms with Crippen molar-refractivity contribution in [2.24, 2.45) is 0 Å². The maximum Gasteiger partial charge on any atom is 0.305 e. The molecule has 0 aliphatic heterocycles. The summed E-state index contributed by atoms with van der Waals surface area (Å²) in [5.74, 6) is -1.28. The van der Waals surface area contributed by atoms with Crippen LogP contribution in [0.3, 0.4) is 0 Å². The fourth-order valence-corrected chi connectivity index (χ4v) is 3.64. The van der Waals surface area contributed by atoms with Crippen LogP contribution in [-0.4, -0.2) is 49.7 Å². The van der Waals surface area contributed by atoms with Gasteiger partial charge in [-0.05, 0) is 12.8 Å². The molecular formula is C23H45NO4. The molecule has 0 aromatic heterocycles. The van der Waals surface area contributed by atoms with Crippen LogP contribution in [0, 0.1) is 0 Å². The number of carboxylic acids is 1. The van der Waals surface area contributed by atoms with Crippen molar-refractivity contribution in [1.82, 2.24) is 0 Å². The third-order valence-electron chi connectivity index (χ3n) is 5.22. The molecule has 0 saturated heterocycles. The topological polar surface area (TPSA) is 66.4 Å². The Balaban J connectivity index is 3.93. The summed E-state index contributed by atoms with van der Waals surface area (Å²) in [6.45, 7) is 4.48. The van der Waals surface area contributed by atoms with Crippen LogP contribution in [0.5, 0.6) is 0 Å². The van der Waals surface area contributed by atoms with Gasteiger partial charge < -0.3 is 19.1 Å². The van der Waals surface area contributed by atoms with E-state index in [1.165, 1.54) is 64.2 Å². The molecule has 1 unspecified atom stereocenters. The molecule has 0 aromatic carbocycles. The van der Waals surface area contributed by atoms with Crippen LogP contribution < -0.4 is 5.11 Å². The van der Waals surface area contributed by atoms with Crippen LogP contribution in [-0.2, 0) is 14.3 Å². The molecule has 5 nitrogen and oxygen atoms in total. The highest BCUT2D eigenvalue weighted by atomic mass is 16.5. The van der Waals surface area contributed by atoms with E-state index < -0.39 is 5.97 Å². The van der Waals surface area contributed by atoms with Crippen LogP contribution in [0.1, 0.15) is 104 Å². The lowest BCUT2D eigenvalue weighted by Crippen LogP contribution is -2.52. The van der Waals surface area contributed by atoms with Gasteiger partial charge in [0.15, 0.2) is 6.10 Å².